The summed E-state index contributed by atoms with van der Waals surface area (Å²) in [6.45, 7) is 0.617. The molecule has 0 spiro atoms. The fraction of sp³-hybridized carbons (Fsp3) is 0.417. The topological polar surface area (TPSA) is 95.5 Å². The predicted octanol–water partition coefficient (Wildman–Crippen LogP) is 1.49. The number of carbonyl (C=O) groups is 1. The van der Waals surface area contributed by atoms with E-state index in [2.05, 4.69) is 0 Å². The zero-order valence-corrected chi connectivity index (χ0v) is 9.74. The maximum absolute atomic E-state index is 11.7. The molecule has 0 atom stereocenters. The van der Waals surface area contributed by atoms with Gasteiger partial charge < -0.3 is 10.5 Å². The van der Waals surface area contributed by atoms with Crippen molar-refractivity contribution in [2.45, 2.75) is 18.9 Å². The first-order valence-electron chi connectivity index (χ1n) is 5.75. The van der Waals surface area contributed by atoms with Gasteiger partial charge in [0.25, 0.3) is 5.69 Å². The van der Waals surface area contributed by atoms with Crippen molar-refractivity contribution in [3.63, 3.8) is 0 Å². The zero-order chi connectivity index (χ0) is 13.1. The number of nitrogens with zero attached hydrogens (tertiary/aromatic N) is 1. The van der Waals surface area contributed by atoms with E-state index < -0.39 is 10.9 Å². The summed E-state index contributed by atoms with van der Waals surface area (Å²) in [5.41, 5.74) is 5.77. The maximum atomic E-state index is 11.7. The summed E-state index contributed by atoms with van der Waals surface area (Å²) in [5, 5.41) is 10.5. The summed E-state index contributed by atoms with van der Waals surface area (Å²) < 4.78 is 5.24. The molecule has 0 heterocycles. The van der Waals surface area contributed by atoms with Crippen molar-refractivity contribution in [1.82, 2.24) is 0 Å². The normalized spacial score (nSPS) is 22.1. The smallest absolute Gasteiger partial charge is 0.338 e. The molecule has 1 fully saturated rings. The number of nitrogens with two attached hydrogens (primary N) is 1. The molecule has 1 aromatic rings. The van der Waals surface area contributed by atoms with Gasteiger partial charge in [0.1, 0.15) is 6.10 Å². The van der Waals surface area contributed by atoms with Crippen LogP contribution >= 0.6 is 0 Å². The lowest BCUT2D eigenvalue weighted by Gasteiger charge is -2.33. The number of esters is 1. The molecule has 0 unspecified atom stereocenters. The van der Waals surface area contributed by atoms with Gasteiger partial charge in [0.2, 0.25) is 0 Å². The van der Waals surface area contributed by atoms with Gasteiger partial charge in [-0.1, -0.05) is 0 Å². The van der Waals surface area contributed by atoms with Crippen LogP contribution in [0, 0.1) is 16.0 Å². The van der Waals surface area contributed by atoms with Crippen LogP contribution in [0.2, 0.25) is 0 Å². The fourth-order valence-electron chi connectivity index (χ4n) is 1.90. The molecule has 6 nitrogen and oxygen atoms in total. The SMILES string of the molecule is NCC1CC(OC(=O)c2ccc([N+](=O)[O-])cc2)C1. The third-order valence-electron chi connectivity index (χ3n) is 3.11. The molecule has 2 N–H and O–H groups in total. The Morgan fingerprint density at radius 2 is 2.00 bits per heavy atom. The molecule has 18 heavy (non-hydrogen) atoms. The van der Waals surface area contributed by atoms with Gasteiger partial charge in [-0.25, -0.2) is 4.79 Å². The number of ether oxygens (including phenoxy) is 1. The highest BCUT2D eigenvalue weighted by molar-refractivity contribution is 5.89. The fourth-order valence-corrected chi connectivity index (χ4v) is 1.90. The molecule has 0 amide bonds. The van der Waals surface area contributed by atoms with Gasteiger partial charge >= 0.3 is 5.97 Å². The minimum atomic E-state index is -0.507. The minimum Gasteiger partial charge on any atom is -0.459 e. The van der Waals surface area contributed by atoms with Crippen molar-refractivity contribution in [3.05, 3.63) is 39.9 Å². The molecule has 0 radical (unpaired) electrons. The second-order valence-electron chi connectivity index (χ2n) is 4.40. The van der Waals surface area contributed by atoms with Gasteiger partial charge in [-0.05, 0) is 37.4 Å². The van der Waals surface area contributed by atoms with E-state index in [1.54, 1.807) is 0 Å². The van der Waals surface area contributed by atoms with Crippen LogP contribution < -0.4 is 5.73 Å². The van der Waals surface area contributed by atoms with Gasteiger partial charge in [0, 0.05) is 12.1 Å². The summed E-state index contributed by atoms with van der Waals surface area (Å²) in [4.78, 5) is 21.7. The Balaban J connectivity index is 1.91. The molecule has 0 bridgehead atoms. The summed E-state index contributed by atoms with van der Waals surface area (Å²) >= 11 is 0. The number of benzene rings is 1. The third kappa shape index (κ3) is 2.65. The lowest BCUT2D eigenvalue weighted by atomic mass is 9.82. The number of hydrogen-bond donors (Lipinski definition) is 1. The number of nitro groups is 1. The van der Waals surface area contributed by atoms with E-state index in [1.807, 2.05) is 0 Å². The van der Waals surface area contributed by atoms with Crippen molar-refractivity contribution in [1.29, 1.82) is 0 Å². The van der Waals surface area contributed by atoms with E-state index in [-0.39, 0.29) is 11.8 Å². The molecular formula is C12H14N2O4. The highest BCUT2D eigenvalue weighted by Crippen LogP contribution is 2.29. The molecule has 0 saturated heterocycles. The number of hydrogen-bond acceptors (Lipinski definition) is 5. The first-order chi connectivity index (χ1) is 8.60. The number of non-ortho nitro benzene ring substituents is 1. The minimum absolute atomic E-state index is 0.0432. The third-order valence-corrected chi connectivity index (χ3v) is 3.11. The van der Waals surface area contributed by atoms with E-state index in [0.29, 0.717) is 18.0 Å². The monoisotopic (exact) mass is 250 g/mol. The van der Waals surface area contributed by atoms with Crippen LogP contribution in [-0.2, 0) is 4.74 Å². The van der Waals surface area contributed by atoms with Crippen molar-refractivity contribution < 1.29 is 14.5 Å². The average molecular weight is 250 g/mol. The summed E-state index contributed by atoms with van der Waals surface area (Å²) in [7, 11) is 0. The highest BCUT2D eigenvalue weighted by atomic mass is 16.6. The zero-order valence-electron chi connectivity index (χ0n) is 9.74. The average Bonchev–Trinajstić information content (AvgIpc) is 2.33. The molecular weight excluding hydrogens is 236 g/mol. The van der Waals surface area contributed by atoms with Crippen molar-refractivity contribution in [2.24, 2.45) is 11.7 Å². The van der Waals surface area contributed by atoms with Crippen LogP contribution in [0.4, 0.5) is 5.69 Å². The van der Waals surface area contributed by atoms with Crippen molar-refractivity contribution >= 4 is 11.7 Å². The molecule has 0 aliphatic heterocycles. The van der Waals surface area contributed by atoms with E-state index >= 15 is 0 Å². The van der Waals surface area contributed by atoms with Crippen LogP contribution in [0.5, 0.6) is 0 Å². The number of carbonyl (C=O) groups excluding carboxylic acids is 1. The van der Waals surface area contributed by atoms with Gasteiger partial charge in [-0.3, -0.25) is 10.1 Å². The van der Waals surface area contributed by atoms with Crippen LogP contribution in [0.3, 0.4) is 0 Å². The molecule has 96 valence electrons. The van der Waals surface area contributed by atoms with E-state index in [0.717, 1.165) is 12.8 Å². The van der Waals surface area contributed by atoms with E-state index in [1.165, 1.54) is 24.3 Å². The number of nitro benzene ring substituents is 1. The van der Waals surface area contributed by atoms with Crippen LogP contribution in [0.15, 0.2) is 24.3 Å². The summed E-state index contributed by atoms with van der Waals surface area (Å²) in [6.07, 6.45) is 1.53. The largest absolute Gasteiger partial charge is 0.459 e. The molecule has 1 aliphatic carbocycles. The quantitative estimate of drug-likeness (QED) is 0.496. The lowest BCUT2D eigenvalue weighted by Crippen LogP contribution is -2.37. The Kier molecular flexibility index (Phi) is 3.57. The van der Waals surface area contributed by atoms with Gasteiger partial charge in [-0.2, -0.15) is 0 Å². The van der Waals surface area contributed by atoms with Crippen molar-refractivity contribution in [2.75, 3.05) is 6.54 Å². The first-order valence-corrected chi connectivity index (χ1v) is 5.75. The molecule has 0 aromatic heterocycles. The Morgan fingerprint density at radius 3 is 2.50 bits per heavy atom. The molecule has 6 heteroatoms. The second kappa shape index (κ2) is 5.14. The number of rotatable bonds is 4. The lowest BCUT2D eigenvalue weighted by molar-refractivity contribution is -0.384. The summed E-state index contributed by atoms with van der Waals surface area (Å²) in [5.74, 6) is 0.00466. The molecule has 1 aliphatic rings. The molecule has 1 aromatic carbocycles. The van der Waals surface area contributed by atoms with Gasteiger partial charge in [0.15, 0.2) is 0 Å². The Hall–Kier alpha value is -1.95. The first kappa shape index (κ1) is 12.5. The van der Waals surface area contributed by atoms with E-state index in [4.69, 9.17) is 10.5 Å². The maximum Gasteiger partial charge on any atom is 0.338 e. The predicted molar refractivity (Wildman–Crippen MR) is 64.1 cm³/mol. The van der Waals surface area contributed by atoms with Gasteiger partial charge in [-0.15, -0.1) is 0 Å². The van der Waals surface area contributed by atoms with Crippen LogP contribution in [0.1, 0.15) is 23.2 Å². The molecule has 1 saturated carbocycles. The van der Waals surface area contributed by atoms with Gasteiger partial charge in [0.05, 0.1) is 10.5 Å². The van der Waals surface area contributed by atoms with Crippen molar-refractivity contribution in [3.8, 4) is 0 Å². The standard InChI is InChI=1S/C12H14N2O4/c13-7-8-5-11(6-8)18-12(15)9-1-3-10(4-2-9)14(16)17/h1-4,8,11H,5-7,13H2. The van der Waals surface area contributed by atoms with E-state index in [9.17, 15) is 14.9 Å². The Labute approximate surface area is 104 Å². The highest BCUT2D eigenvalue weighted by Gasteiger charge is 2.31. The second-order valence-corrected chi connectivity index (χ2v) is 4.40. The van der Waals surface area contributed by atoms with Crippen LogP contribution in [0.25, 0.3) is 0 Å². The molecule has 2 rings (SSSR count). The Bertz CT molecular complexity index is 452. The Morgan fingerprint density at radius 1 is 1.39 bits per heavy atom. The summed E-state index contributed by atoms with van der Waals surface area (Å²) in [6, 6.07) is 5.39. The van der Waals surface area contributed by atoms with Crippen LogP contribution in [-0.4, -0.2) is 23.5 Å².